The third-order valence-corrected chi connectivity index (χ3v) is 5.11. The number of carbonyl (C=O) groups is 1. The van der Waals surface area contributed by atoms with E-state index in [1.54, 1.807) is 0 Å². The number of hydrogen-bond acceptors (Lipinski definition) is 2. The molecule has 0 bridgehead atoms. The van der Waals surface area contributed by atoms with Crippen molar-refractivity contribution < 1.29 is 4.79 Å². The lowest BCUT2D eigenvalue weighted by Gasteiger charge is -2.38. The second-order valence-electron chi connectivity index (χ2n) is 6.63. The van der Waals surface area contributed by atoms with Gasteiger partial charge in [-0.2, -0.15) is 0 Å². The Balaban J connectivity index is 1.49. The van der Waals surface area contributed by atoms with Gasteiger partial charge in [-0.15, -0.1) is 0 Å². The number of amides is 2. The van der Waals surface area contributed by atoms with Gasteiger partial charge in [-0.1, -0.05) is 38.0 Å². The lowest BCUT2D eigenvalue weighted by atomic mass is 9.86. The average Bonchev–Trinajstić information content (AvgIpc) is 2.58. The summed E-state index contributed by atoms with van der Waals surface area (Å²) in [7, 11) is 0. The second kappa shape index (κ2) is 7.03. The van der Waals surface area contributed by atoms with Crippen LogP contribution in [0.15, 0.2) is 30.3 Å². The summed E-state index contributed by atoms with van der Waals surface area (Å²) in [6, 6.07) is 11.0. The van der Waals surface area contributed by atoms with Crippen molar-refractivity contribution in [3.05, 3.63) is 30.3 Å². The fourth-order valence-corrected chi connectivity index (χ4v) is 3.59. The van der Waals surface area contributed by atoms with Crippen LogP contribution in [0.5, 0.6) is 0 Å². The summed E-state index contributed by atoms with van der Waals surface area (Å²) in [5.41, 5.74) is 1.25. The third kappa shape index (κ3) is 3.54. The molecule has 2 fully saturated rings. The van der Waals surface area contributed by atoms with Crippen molar-refractivity contribution in [3.63, 3.8) is 0 Å². The number of nitrogens with one attached hydrogen (secondary N) is 1. The van der Waals surface area contributed by atoms with Crippen molar-refractivity contribution in [1.29, 1.82) is 0 Å². The normalized spacial score (nSPS) is 25.9. The Kier molecular flexibility index (Phi) is 4.86. The molecule has 4 heteroatoms. The van der Waals surface area contributed by atoms with Gasteiger partial charge in [0.15, 0.2) is 0 Å². The molecular formula is C18H27N3O. The van der Waals surface area contributed by atoms with Crippen LogP contribution in [0.25, 0.3) is 0 Å². The summed E-state index contributed by atoms with van der Waals surface area (Å²) in [5, 5.41) is 3.26. The van der Waals surface area contributed by atoms with Gasteiger partial charge in [0.05, 0.1) is 0 Å². The summed E-state index contributed by atoms with van der Waals surface area (Å²) in [4.78, 5) is 16.8. The SMILES string of the molecule is CC1CCCCC1NC(=O)N1CCN(c2ccccc2)CC1. The number of benzene rings is 1. The Morgan fingerprint density at radius 3 is 2.41 bits per heavy atom. The van der Waals surface area contributed by atoms with E-state index < -0.39 is 0 Å². The number of nitrogens with zero attached hydrogens (tertiary/aromatic N) is 2. The smallest absolute Gasteiger partial charge is 0.317 e. The second-order valence-corrected chi connectivity index (χ2v) is 6.63. The van der Waals surface area contributed by atoms with Gasteiger partial charge in [0.1, 0.15) is 0 Å². The predicted octanol–water partition coefficient (Wildman–Crippen LogP) is 3.10. The number of piperazine rings is 1. The molecule has 1 aliphatic heterocycles. The van der Waals surface area contributed by atoms with Crippen LogP contribution in [0, 0.1) is 5.92 Å². The lowest BCUT2D eigenvalue weighted by Crippen LogP contribution is -2.54. The number of anilines is 1. The van der Waals surface area contributed by atoms with Gasteiger partial charge in [0, 0.05) is 37.9 Å². The van der Waals surface area contributed by atoms with E-state index in [1.165, 1.54) is 24.9 Å². The van der Waals surface area contributed by atoms with Crippen LogP contribution in [-0.2, 0) is 0 Å². The van der Waals surface area contributed by atoms with Gasteiger partial charge in [-0.3, -0.25) is 0 Å². The van der Waals surface area contributed by atoms with Crippen LogP contribution >= 0.6 is 0 Å². The summed E-state index contributed by atoms with van der Waals surface area (Å²) in [5.74, 6) is 0.614. The maximum absolute atomic E-state index is 12.5. The molecule has 22 heavy (non-hydrogen) atoms. The van der Waals surface area contributed by atoms with E-state index in [-0.39, 0.29) is 6.03 Å². The van der Waals surface area contributed by atoms with Gasteiger partial charge in [-0.25, -0.2) is 4.79 Å². The average molecular weight is 301 g/mol. The quantitative estimate of drug-likeness (QED) is 0.911. The van der Waals surface area contributed by atoms with Gasteiger partial charge in [0.25, 0.3) is 0 Å². The van der Waals surface area contributed by atoms with Gasteiger partial charge >= 0.3 is 6.03 Å². The van der Waals surface area contributed by atoms with Gasteiger partial charge < -0.3 is 15.1 Å². The zero-order valence-electron chi connectivity index (χ0n) is 13.5. The Morgan fingerprint density at radius 1 is 1.05 bits per heavy atom. The van der Waals surface area contributed by atoms with E-state index in [0.29, 0.717) is 12.0 Å². The van der Waals surface area contributed by atoms with Gasteiger partial charge in [-0.05, 0) is 30.9 Å². The molecule has 1 saturated carbocycles. The molecule has 1 heterocycles. The van der Waals surface area contributed by atoms with E-state index in [2.05, 4.69) is 41.4 Å². The number of hydrogen-bond donors (Lipinski definition) is 1. The van der Waals surface area contributed by atoms with Crippen LogP contribution < -0.4 is 10.2 Å². The summed E-state index contributed by atoms with van der Waals surface area (Å²) >= 11 is 0. The highest BCUT2D eigenvalue weighted by Crippen LogP contribution is 2.24. The fraction of sp³-hybridized carbons (Fsp3) is 0.611. The minimum atomic E-state index is 0.131. The molecule has 1 saturated heterocycles. The molecule has 1 N–H and O–H groups in total. The zero-order valence-corrected chi connectivity index (χ0v) is 13.5. The first kappa shape index (κ1) is 15.2. The number of rotatable bonds is 2. The highest BCUT2D eigenvalue weighted by Gasteiger charge is 2.26. The van der Waals surface area contributed by atoms with Crippen LogP contribution in [0.3, 0.4) is 0 Å². The van der Waals surface area contributed by atoms with Crippen LogP contribution in [-0.4, -0.2) is 43.2 Å². The first-order chi connectivity index (χ1) is 10.7. The first-order valence-electron chi connectivity index (χ1n) is 8.59. The van der Waals surface area contributed by atoms with E-state index >= 15 is 0 Å². The highest BCUT2D eigenvalue weighted by atomic mass is 16.2. The number of urea groups is 1. The van der Waals surface area contributed by atoms with Crippen molar-refractivity contribution in [2.24, 2.45) is 5.92 Å². The topological polar surface area (TPSA) is 35.6 Å². The van der Waals surface area contributed by atoms with Crippen molar-refractivity contribution in [2.75, 3.05) is 31.1 Å². The Morgan fingerprint density at radius 2 is 1.73 bits per heavy atom. The van der Waals surface area contributed by atoms with Crippen LogP contribution in [0.2, 0.25) is 0 Å². The molecule has 2 unspecified atom stereocenters. The first-order valence-corrected chi connectivity index (χ1v) is 8.59. The standard InChI is InChI=1S/C18H27N3O/c1-15-7-5-6-10-17(15)19-18(22)21-13-11-20(12-14-21)16-8-3-2-4-9-16/h2-4,8-9,15,17H,5-7,10-14H2,1H3,(H,19,22). The summed E-state index contributed by atoms with van der Waals surface area (Å²) in [6.45, 7) is 5.70. The Bertz CT molecular complexity index is 482. The zero-order chi connectivity index (χ0) is 15.4. The summed E-state index contributed by atoms with van der Waals surface area (Å²) < 4.78 is 0. The maximum atomic E-state index is 12.5. The molecule has 0 aromatic heterocycles. The largest absolute Gasteiger partial charge is 0.368 e. The molecular weight excluding hydrogens is 274 g/mol. The minimum absolute atomic E-state index is 0.131. The molecule has 2 aliphatic rings. The van der Waals surface area contributed by atoms with E-state index in [9.17, 15) is 4.79 Å². The maximum Gasteiger partial charge on any atom is 0.317 e. The highest BCUT2D eigenvalue weighted by molar-refractivity contribution is 5.75. The molecule has 2 atom stereocenters. The molecule has 1 aromatic rings. The molecule has 1 aliphatic carbocycles. The third-order valence-electron chi connectivity index (χ3n) is 5.11. The van der Waals surface area contributed by atoms with E-state index in [1.807, 2.05) is 11.0 Å². The number of carbonyl (C=O) groups excluding carboxylic acids is 1. The molecule has 2 amide bonds. The van der Waals surface area contributed by atoms with Gasteiger partial charge in [0.2, 0.25) is 0 Å². The molecule has 120 valence electrons. The van der Waals surface area contributed by atoms with Crippen molar-refractivity contribution in [1.82, 2.24) is 10.2 Å². The van der Waals surface area contributed by atoms with Crippen LogP contribution in [0.4, 0.5) is 10.5 Å². The molecule has 3 rings (SSSR count). The Labute approximate surface area is 133 Å². The molecule has 1 aromatic carbocycles. The van der Waals surface area contributed by atoms with Crippen molar-refractivity contribution >= 4 is 11.7 Å². The Hall–Kier alpha value is -1.71. The molecule has 0 spiro atoms. The molecule has 0 radical (unpaired) electrons. The van der Waals surface area contributed by atoms with E-state index in [4.69, 9.17) is 0 Å². The van der Waals surface area contributed by atoms with E-state index in [0.717, 1.165) is 32.6 Å². The summed E-state index contributed by atoms with van der Waals surface area (Å²) in [6.07, 6.45) is 4.93. The number of para-hydroxylation sites is 1. The lowest BCUT2D eigenvalue weighted by molar-refractivity contribution is 0.179. The monoisotopic (exact) mass is 301 g/mol. The van der Waals surface area contributed by atoms with Crippen molar-refractivity contribution in [2.45, 2.75) is 38.6 Å². The van der Waals surface area contributed by atoms with Crippen LogP contribution in [0.1, 0.15) is 32.6 Å². The van der Waals surface area contributed by atoms with Crippen molar-refractivity contribution in [3.8, 4) is 0 Å². The minimum Gasteiger partial charge on any atom is -0.368 e. The fourth-order valence-electron chi connectivity index (χ4n) is 3.59. The predicted molar refractivity (Wildman–Crippen MR) is 90.2 cm³/mol. The molecule has 4 nitrogen and oxygen atoms in total.